The van der Waals surface area contributed by atoms with E-state index in [9.17, 15) is 9.90 Å². The molecule has 0 aromatic heterocycles. The van der Waals surface area contributed by atoms with E-state index in [2.05, 4.69) is 15.9 Å². The first-order valence-corrected chi connectivity index (χ1v) is 6.60. The van der Waals surface area contributed by atoms with E-state index in [1.54, 1.807) is 23.1 Å². The molecule has 1 aliphatic rings. The van der Waals surface area contributed by atoms with Gasteiger partial charge in [0.05, 0.1) is 11.1 Å². The number of benzene rings is 1. The first-order chi connectivity index (χ1) is 7.99. The van der Waals surface area contributed by atoms with Gasteiger partial charge in [-0.05, 0) is 47.5 Å². The van der Waals surface area contributed by atoms with E-state index in [1.165, 1.54) is 0 Å². The number of hydrogen-bond acceptors (Lipinski definition) is 2. The molecule has 1 aliphatic heterocycles. The topological polar surface area (TPSA) is 40.5 Å². The number of aliphatic hydroxyl groups is 1. The lowest BCUT2D eigenvalue weighted by molar-refractivity contribution is 0.0726. The van der Waals surface area contributed by atoms with Gasteiger partial charge in [0.1, 0.15) is 0 Å². The quantitative estimate of drug-likeness (QED) is 0.865. The molecule has 1 fully saturated rings. The van der Waals surface area contributed by atoms with Crippen molar-refractivity contribution in [3.63, 3.8) is 0 Å². The Morgan fingerprint density at radius 2 is 2.29 bits per heavy atom. The molecule has 2 rings (SSSR count). The lowest BCUT2D eigenvalue weighted by Gasteiger charge is -2.21. The first kappa shape index (κ1) is 12.9. The summed E-state index contributed by atoms with van der Waals surface area (Å²) in [4.78, 5) is 13.9. The van der Waals surface area contributed by atoms with Gasteiger partial charge >= 0.3 is 0 Å². The summed E-state index contributed by atoms with van der Waals surface area (Å²) in [5.41, 5.74) is 0.555. The van der Waals surface area contributed by atoms with E-state index in [-0.39, 0.29) is 11.9 Å². The molecule has 1 saturated heterocycles. The molecule has 1 heterocycles. The van der Waals surface area contributed by atoms with Crippen LogP contribution in [0.4, 0.5) is 0 Å². The first-order valence-electron chi connectivity index (χ1n) is 5.43. The summed E-state index contributed by atoms with van der Waals surface area (Å²) in [5.74, 6) is -0.0801. The van der Waals surface area contributed by atoms with E-state index in [0.29, 0.717) is 23.6 Å². The highest BCUT2D eigenvalue weighted by atomic mass is 79.9. The van der Waals surface area contributed by atoms with Crippen molar-refractivity contribution in [2.24, 2.45) is 0 Å². The minimum absolute atomic E-state index is 0.0694. The van der Waals surface area contributed by atoms with Crippen LogP contribution in [-0.4, -0.2) is 34.6 Å². The van der Waals surface area contributed by atoms with E-state index < -0.39 is 6.10 Å². The van der Waals surface area contributed by atoms with E-state index in [1.807, 2.05) is 6.92 Å². The Labute approximate surface area is 114 Å². The van der Waals surface area contributed by atoms with Crippen LogP contribution < -0.4 is 0 Å². The van der Waals surface area contributed by atoms with Gasteiger partial charge in [0.15, 0.2) is 0 Å². The lowest BCUT2D eigenvalue weighted by Crippen LogP contribution is -2.34. The molecular formula is C12H13BrClNO2. The zero-order valence-corrected chi connectivity index (χ0v) is 11.7. The Morgan fingerprint density at radius 1 is 1.59 bits per heavy atom. The summed E-state index contributed by atoms with van der Waals surface area (Å²) in [7, 11) is 0. The molecule has 0 spiro atoms. The number of β-amino-alcohol motifs (C(OH)–C–C–N with tert-alkyl or cyclic N) is 1. The molecule has 5 heteroatoms. The van der Waals surface area contributed by atoms with Crippen molar-refractivity contribution in [3.8, 4) is 0 Å². The second kappa shape index (κ2) is 4.96. The van der Waals surface area contributed by atoms with Crippen molar-refractivity contribution < 1.29 is 9.90 Å². The number of nitrogens with zero attached hydrogens (tertiary/aromatic N) is 1. The highest BCUT2D eigenvalue weighted by Crippen LogP contribution is 2.26. The van der Waals surface area contributed by atoms with Crippen molar-refractivity contribution in [1.82, 2.24) is 4.90 Å². The Bertz CT molecular complexity index is 452. The van der Waals surface area contributed by atoms with Gasteiger partial charge in [-0.3, -0.25) is 4.79 Å². The average Bonchev–Trinajstić information content (AvgIpc) is 2.61. The average molecular weight is 319 g/mol. The maximum atomic E-state index is 12.2. The Hall–Kier alpha value is -0.580. The van der Waals surface area contributed by atoms with Crippen molar-refractivity contribution in [1.29, 1.82) is 0 Å². The highest BCUT2D eigenvalue weighted by Gasteiger charge is 2.31. The van der Waals surface area contributed by atoms with Crippen molar-refractivity contribution in [3.05, 3.63) is 33.3 Å². The van der Waals surface area contributed by atoms with E-state index >= 15 is 0 Å². The minimum atomic E-state index is -0.417. The Morgan fingerprint density at radius 3 is 2.82 bits per heavy atom. The number of likely N-dealkylation sites (tertiary alicyclic amines) is 1. The summed E-state index contributed by atoms with van der Waals surface area (Å²) >= 11 is 9.25. The van der Waals surface area contributed by atoms with Crippen LogP contribution in [0.2, 0.25) is 5.02 Å². The minimum Gasteiger partial charge on any atom is -0.391 e. The van der Waals surface area contributed by atoms with Crippen molar-refractivity contribution >= 4 is 33.4 Å². The number of aliphatic hydroxyl groups excluding tert-OH is 1. The van der Waals surface area contributed by atoms with Gasteiger partial charge in [0.2, 0.25) is 0 Å². The van der Waals surface area contributed by atoms with Crippen LogP contribution in [0.25, 0.3) is 0 Å². The predicted molar refractivity (Wildman–Crippen MR) is 70.3 cm³/mol. The molecule has 0 unspecified atom stereocenters. The molecule has 17 heavy (non-hydrogen) atoms. The van der Waals surface area contributed by atoms with Crippen LogP contribution in [0.3, 0.4) is 0 Å². The molecule has 0 radical (unpaired) electrons. The molecule has 1 aromatic carbocycles. The SMILES string of the molecule is C[C@H]1C[C@H](O)CN1C(=O)c1ccc(Br)c(Cl)c1. The maximum absolute atomic E-state index is 12.2. The predicted octanol–water partition coefficient (Wildman–Crippen LogP) is 2.70. The standard InChI is InChI=1S/C12H13BrClNO2/c1-7-4-9(16)6-15(7)12(17)8-2-3-10(13)11(14)5-8/h2-3,5,7,9,16H,4,6H2,1H3/t7-,9-/m0/s1. The fourth-order valence-electron chi connectivity index (χ4n) is 2.08. The maximum Gasteiger partial charge on any atom is 0.254 e. The third kappa shape index (κ3) is 2.64. The summed E-state index contributed by atoms with van der Waals surface area (Å²) in [6.07, 6.45) is 0.218. The lowest BCUT2D eigenvalue weighted by atomic mass is 10.2. The summed E-state index contributed by atoms with van der Waals surface area (Å²) in [6, 6.07) is 5.20. The molecular weight excluding hydrogens is 305 g/mol. The highest BCUT2D eigenvalue weighted by molar-refractivity contribution is 9.10. The molecule has 3 nitrogen and oxygen atoms in total. The zero-order valence-electron chi connectivity index (χ0n) is 9.36. The van der Waals surface area contributed by atoms with E-state index in [0.717, 1.165) is 4.47 Å². The van der Waals surface area contributed by atoms with Gasteiger partial charge in [0, 0.05) is 22.6 Å². The third-order valence-electron chi connectivity index (χ3n) is 2.98. The van der Waals surface area contributed by atoms with Gasteiger partial charge in [0.25, 0.3) is 5.91 Å². The van der Waals surface area contributed by atoms with Gasteiger partial charge < -0.3 is 10.0 Å². The van der Waals surface area contributed by atoms with Crippen LogP contribution in [-0.2, 0) is 0 Å². The van der Waals surface area contributed by atoms with Gasteiger partial charge in [-0.15, -0.1) is 0 Å². The Balaban J connectivity index is 2.22. The van der Waals surface area contributed by atoms with Crippen LogP contribution in [0.1, 0.15) is 23.7 Å². The van der Waals surface area contributed by atoms with Crippen LogP contribution >= 0.6 is 27.5 Å². The fraction of sp³-hybridized carbons (Fsp3) is 0.417. The van der Waals surface area contributed by atoms with Gasteiger partial charge in [-0.2, -0.15) is 0 Å². The number of carbonyl (C=O) groups is 1. The van der Waals surface area contributed by atoms with Crippen molar-refractivity contribution in [2.75, 3.05) is 6.54 Å². The summed E-state index contributed by atoms with van der Waals surface area (Å²) < 4.78 is 0.769. The molecule has 1 amide bonds. The molecule has 2 atom stereocenters. The second-order valence-electron chi connectivity index (χ2n) is 4.32. The second-order valence-corrected chi connectivity index (χ2v) is 5.59. The van der Waals surface area contributed by atoms with Crippen LogP contribution in [0.15, 0.2) is 22.7 Å². The van der Waals surface area contributed by atoms with Crippen LogP contribution in [0.5, 0.6) is 0 Å². The third-order valence-corrected chi connectivity index (χ3v) is 4.21. The molecule has 0 bridgehead atoms. The van der Waals surface area contributed by atoms with E-state index in [4.69, 9.17) is 11.6 Å². The normalized spacial score (nSPS) is 24.1. The number of amides is 1. The molecule has 1 aromatic rings. The number of hydrogen-bond donors (Lipinski definition) is 1. The number of halogens is 2. The van der Waals surface area contributed by atoms with Crippen LogP contribution in [0, 0.1) is 0 Å². The molecule has 92 valence electrons. The van der Waals surface area contributed by atoms with Crippen molar-refractivity contribution in [2.45, 2.75) is 25.5 Å². The van der Waals surface area contributed by atoms with Gasteiger partial charge in [-0.25, -0.2) is 0 Å². The monoisotopic (exact) mass is 317 g/mol. The van der Waals surface area contributed by atoms with Gasteiger partial charge in [-0.1, -0.05) is 11.6 Å². The smallest absolute Gasteiger partial charge is 0.254 e. The zero-order chi connectivity index (χ0) is 12.6. The summed E-state index contributed by atoms with van der Waals surface area (Å²) in [6.45, 7) is 2.34. The molecule has 0 saturated carbocycles. The fourth-order valence-corrected chi connectivity index (χ4v) is 2.51. The Kier molecular flexibility index (Phi) is 3.76. The molecule has 0 aliphatic carbocycles. The number of carbonyl (C=O) groups excluding carboxylic acids is 1. The molecule has 1 N–H and O–H groups in total. The largest absolute Gasteiger partial charge is 0.391 e. The summed E-state index contributed by atoms with van der Waals surface area (Å²) in [5, 5.41) is 10.1. The number of rotatable bonds is 1.